The Hall–Kier alpha value is -1.98. The summed E-state index contributed by atoms with van der Waals surface area (Å²) in [6, 6.07) is 10.6. The van der Waals surface area contributed by atoms with Crippen LogP contribution in [0, 0.1) is 0 Å². The van der Waals surface area contributed by atoms with E-state index < -0.39 is 0 Å². The van der Waals surface area contributed by atoms with E-state index in [2.05, 4.69) is 55.4 Å². The van der Waals surface area contributed by atoms with Crippen molar-refractivity contribution < 1.29 is 5.11 Å². The summed E-state index contributed by atoms with van der Waals surface area (Å²) in [4.78, 5) is 9.29. The van der Waals surface area contributed by atoms with Crippen molar-refractivity contribution in [2.24, 2.45) is 0 Å². The number of anilines is 1. The summed E-state index contributed by atoms with van der Waals surface area (Å²) in [6.45, 7) is 10.8. The van der Waals surface area contributed by atoms with Crippen LogP contribution in [0.4, 0.5) is 5.95 Å². The van der Waals surface area contributed by atoms with Crippen LogP contribution in [0.1, 0.15) is 59.4 Å². The molecule has 5 heteroatoms. The maximum atomic E-state index is 9.65. The van der Waals surface area contributed by atoms with Gasteiger partial charge in [0.2, 0.25) is 5.95 Å². The lowest BCUT2D eigenvalue weighted by atomic mass is 9.80. The van der Waals surface area contributed by atoms with E-state index in [0.29, 0.717) is 12.0 Å². The maximum Gasteiger partial charge on any atom is 0.223 e. The van der Waals surface area contributed by atoms with Crippen LogP contribution in [-0.4, -0.2) is 38.3 Å². The van der Waals surface area contributed by atoms with Gasteiger partial charge < -0.3 is 15.7 Å². The fourth-order valence-electron chi connectivity index (χ4n) is 4.54. The van der Waals surface area contributed by atoms with Crippen LogP contribution >= 0.6 is 0 Å². The topological polar surface area (TPSA) is 70.1 Å². The van der Waals surface area contributed by atoms with Crippen molar-refractivity contribution in [1.29, 1.82) is 0 Å². The van der Waals surface area contributed by atoms with E-state index in [1.807, 2.05) is 31.3 Å². The number of piperidine rings is 1. The molecule has 1 aliphatic rings. The van der Waals surface area contributed by atoms with Gasteiger partial charge in [-0.2, -0.15) is 0 Å². The number of hydrogen-bond donors (Lipinski definition) is 3. The van der Waals surface area contributed by atoms with E-state index in [9.17, 15) is 5.11 Å². The Morgan fingerprint density at radius 3 is 2.50 bits per heavy atom. The van der Waals surface area contributed by atoms with E-state index in [-0.39, 0.29) is 17.2 Å². The molecule has 1 fully saturated rings. The van der Waals surface area contributed by atoms with Gasteiger partial charge in [-0.05, 0) is 71.9 Å². The van der Waals surface area contributed by atoms with Gasteiger partial charge in [-0.25, -0.2) is 9.97 Å². The van der Waals surface area contributed by atoms with Crippen LogP contribution < -0.4 is 10.6 Å². The third-order valence-electron chi connectivity index (χ3n) is 5.30. The molecular formula is C23H34N4O. The Bertz CT molecular complexity index is 785. The molecule has 1 unspecified atom stereocenters. The van der Waals surface area contributed by atoms with Gasteiger partial charge >= 0.3 is 0 Å². The summed E-state index contributed by atoms with van der Waals surface area (Å²) >= 11 is 0. The number of aromatic nitrogens is 2. The van der Waals surface area contributed by atoms with Crippen LogP contribution in [0.3, 0.4) is 0 Å². The van der Waals surface area contributed by atoms with E-state index in [4.69, 9.17) is 4.98 Å². The molecule has 0 spiro atoms. The Morgan fingerprint density at radius 1 is 1.14 bits per heavy atom. The largest absolute Gasteiger partial charge is 0.393 e. The highest BCUT2D eigenvalue weighted by molar-refractivity contribution is 5.64. The summed E-state index contributed by atoms with van der Waals surface area (Å²) in [6.07, 6.45) is 5.14. The average molecular weight is 383 g/mol. The van der Waals surface area contributed by atoms with E-state index >= 15 is 0 Å². The minimum Gasteiger partial charge on any atom is -0.393 e. The number of aryl methyl sites for hydroxylation is 1. The molecule has 3 N–H and O–H groups in total. The number of hydrogen-bond acceptors (Lipinski definition) is 5. The molecule has 1 atom stereocenters. The number of nitrogens with one attached hydrogen (secondary N) is 2. The second-order valence-electron chi connectivity index (χ2n) is 9.45. The number of benzene rings is 1. The Labute approximate surface area is 169 Å². The van der Waals surface area contributed by atoms with Gasteiger partial charge in [0, 0.05) is 28.9 Å². The Morgan fingerprint density at radius 2 is 1.82 bits per heavy atom. The van der Waals surface area contributed by atoms with Crippen molar-refractivity contribution in [3.05, 3.63) is 42.1 Å². The van der Waals surface area contributed by atoms with Crippen LogP contribution in [0.5, 0.6) is 0 Å². The lowest BCUT2D eigenvalue weighted by Crippen LogP contribution is -2.60. The summed E-state index contributed by atoms with van der Waals surface area (Å²) < 4.78 is 0. The molecule has 1 aromatic heterocycles. The molecule has 0 radical (unpaired) electrons. The molecule has 0 saturated carbocycles. The number of aliphatic hydroxyl groups is 1. The van der Waals surface area contributed by atoms with Gasteiger partial charge in [-0.3, -0.25) is 0 Å². The third-order valence-corrected chi connectivity index (χ3v) is 5.30. The molecule has 0 aliphatic carbocycles. The summed E-state index contributed by atoms with van der Waals surface area (Å²) in [7, 11) is 0. The van der Waals surface area contributed by atoms with Crippen molar-refractivity contribution in [2.45, 2.75) is 83.5 Å². The first-order valence-corrected chi connectivity index (χ1v) is 10.3. The summed E-state index contributed by atoms with van der Waals surface area (Å²) in [5, 5.41) is 16.9. The van der Waals surface area contributed by atoms with Crippen LogP contribution in [0.2, 0.25) is 0 Å². The monoisotopic (exact) mass is 382 g/mol. The van der Waals surface area contributed by atoms with E-state index in [0.717, 1.165) is 36.9 Å². The van der Waals surface area contributed by atoms with Crippen molar-refractivity contribution >= 4 is 5.95 Å². The normalized spacial score (nSPS) is 19.9. The maximum absolute atomic E-state index is 9.65. The molecule has 28 heavy (non-hydrogen) atoms. The summed E-state index contributed by atoms with van der Waals surface area (Å²) in [5.41, 5.74) is 3.39. The van der Waals surface area contributed by atoms with Gasteiger partial charge in [0.1, 0.15) is 0 Å². The van der Waals surface area contributed by atoms with Crippen molar-refractivity contribution in [2.75, 3.05) is 5.32 Å². The molecular weight excluding hydrogens is 348 g/mol. The lowest BCUT2D eigenvalue weighted by molar-refractivity contribution is 0.170. The smallest absolute Gasteiger partial charge is 0.223 e. The number of nitrogens with zero attached hydrogens (tertiary/aromatic N) is 2. The molecule has 1 aliphatic heterocycles. The first kappa shape index (κ1) is 20.7. The zero-order chi connectivity index (χ0) is 20.4. The molecule has 152 valence electrons. The van der Waals surface area contributed by atoms with Crippen molar-refractivity contribution in [3.8, 4) is 11.3 Å². The molecule has 0 amide bonds. The van der Waals surface area contributed by atoms with Crippen molar-refractivity contribution in [1.82, 2.24) is 15.3 Å². The fraction of sp³-hybridized carbons (Fsp3) is 0.565. The zero-order valence-electron chi connectivity index (χ0n) is 17.8. The standard InChI is InChI=1S/C23H34N4O/c1-16(28)10-11-17-8-6-7-9-19(17)20-12-13-24-21(26-20)25-18-14-22(2,3)27-23(4,5)15-18/h6-9,12-13,16,18,27-28H,10-11,14-15H2,1-5H3,(H,24,25,26). The molecule has 1 saturated heterocycles. The minimum absolute atomic E-state index is 0.0740. The second-order valence-corrected chi connectivity index (χ2v) is 9.45. The Kier molecular flexibility index (Phi) is 6.06. The van der Waals surface area contributed by atoms with Gasteiger partial charge in [0.05, 0.1) is 11.8 Å². The molecule has 3 rings (SSSR count). The molecule has 0 bridgehead atoms. The molecule has 2 aromatic rings. The highest BCUT2D eigenvalue weighted by atomic mass is 16.3. The van der Waals surface area contributed by atoms with Gasteiger partial charge in [0.25, 0.3) is 0 Å². The van der Waals surface area contributed by atoms with Gasteiger partial charge in [-0.1, -0.05) is 24.3 Å². The Balaban J connectivity index is 1.80. The predicted molar refractivity (Wildman–Crippen MR) is 115 cm³/mol. The van der Waals surface area contributed by atoms with Crippen LogP contribution in [0.25, 0.3) is 11.3 Å². The highest BCUT2D eigenvalue weighted by Crippen LogP contribution is 2.30. The zero-order valence-corrected chi connectivity index (χ0v) is 17.8. The van der Waals surface area contributed by atoms with Gasteiger partial charge in [0.15, 0.2) is 0 Å². The second kappa shape index (κ2) is 8.18. The van der Waals surface area contributed by atoms with Crippen molar-refractivity contribution in [3.63, 3.8) is 0 Å². The number of rotatable bonds is 6. The first-order valence-electron chi connectivity index (χ1n) is 10.3. The van der Waals surface area contributed by atoms with E-state index in [1.165, 1.54) is 5.56 Å². The average Bonchev–Trinajstić information content (AvgIpc) is 2.57. The van der Waals surface area contributed by atoms with Crippen LogP contribution in [0.15, 0.2) is 36.5 Å². The molecule has 2 heterocycles. The minimum atomic E-state index is -0.303. The molecule has 5 nitrogen and oxygen atoms in total. The van der Waals surface area contributed by atoms with Crippen LogP contribution in [-0.2, 0) is 6.42 Å². The fourth-order valence-corrected chi connectivity index (χ4v) is 4.54. The SMILES string of the molecule is CC(O)CCc1ccccc1-c1ccnc(NC2CC(C)(C)NC(C)(C)C2)n1. The quantitative estimate of drug-likeness (QED) is 0.699. The molecule has 1 aromatic carbocycles. The number of aliphatic hydroxyl groups excluding tert-OH is 1. The van der Waals surface area contributed by atoms with Gasteiger partial charge in [-0.15, -0.1) is 0 Å². The predicted octanol–water partition coefficient (Wildman–Crippen LogP) is 4.18. The third kappa shape index (κ3) is 5.52. The highest BCUT2D eigenvalue weighted by Gasteiger charge is 2.37. The first-order chi connectivity index (χ1) is 13.1. The summed E-state index contributed by atoms with van der Waals surface area (Å²) in [5.74, 6) is 0.682. The lowest BCUT2D eigenvalue weighted by Gasteiger charge is -2.46. The van der Waals surface area contributed by atoms with E-state index in [1.54, 1.807) is 0 Å².